The van der Waals surface area contributed by atoms with Crippen LogP contribution in [0.25, 0.3) is 11.1 Å². The predicted octanol–water partition coefficient (Wildman–Crippen LogP) is 8.77. The Kier molecular flexibility index (Phi) is 9.36. The molecule has 4 nitrogen and oxygen atoms in total. The van der Waals surface area contributed by atoms with Crippen LogP contribution in [0.15, 0.2) is 66.7 Å². The highest BCUT2D eigenvalue weighted by atomic mass is 16.4. The van der Waals surface area contributed by atoms with Gasteiger partial charge in [0.1, 0.15) is 0 Å². The summed E-state index contributed by atoms with van der Waals surface area (Å²) in [5.74, 6) is -0.0619. The molecule has 1 amide bonds. The van der Waals surface area contributed by atoms with E-state index in [4.69, 9.17) is 0 Å². The highest BCUT2D eigenvalue weighted by Crippen LogP contribution is 2.37. The van der Waals surface area contributed by atoms with Crippen LogP contribution in [-0.4, -0.2) is 21.9 Å². The van der Waals surface area contributed by atoms with Crippen molar-refractivity contribution < 1.29 is 14.7 Å². The molecule has 0 bridgehead atoms. The first-order chi connectivity index (χ1) is 19.5. The lowest BCUT2D eigenvalue weighted by Gasteiger charge is -2.36. The molecule has 5 rings (SSSR count). The van der Waals surface area contributed by atoms with Crippen molar-refractivity contribution in [3.63, 3.8) is 0 Å². The van der Waals surface area contributed by atoms with Crippen molar-refractivity contribution in [2.75, 3.05) is 0 Å². The van der Waals surface area contributed by atoms with Crippen LogP contribution in [0.1, 0.15) is 110 Å². The van der Waals surface area contributed by atoms with E-state index in [1.54, 1.807) is 6.07 Å². The molecule has 4 heteroatoms. The second-order valence-electron chi connectivity index (χ2n) is 11.8. The van der Waals surface area contributed by atoms with Gasteiger partial charge < -0.3 is 10.0 Å². The fraction of sp³-hybridized carbons (Fsp3) is 0.444. The lowest BCUT2D eigenvalue weighted by Crippen LogP contribution is -2.36. The molecule has 40 heavy (non-hydrogen) atoms. The van der Waals surface area contributed by atoms with Gasteiger partial charge in [-0.15, -0.1) is 0 Å². The topological polar surface area (TPSA) is 57.6 Å². The summed E-state index contributed by atoms with van der Waals surface area (Å²) >= 11 is 0. The van der Waals surface area contributed by atoms with Gasteiger partial charge in [-0.2, -0.15) is 0 Å². The third-order valence-electron chi connectivity index (χ3n) is 9.03. The molecule has 0 aliphatic heterocycles. The first-order valence-electron chi connectivity index (χ1n) is 15.4. The molecule has 0 radical (unpaired) electrons. The van der Waals surface area contributed by atoms with Crippen LogP contribution in [0.3, 0.4) is 0 Å². The summed E-state index contributed by atoms with van der Waals surface area (Å²) in [6.45, 7) is 2.77. The molecule has 3 aromatic rings. The average Bonchev–Trinajstić information content (AvgIpc) is 3.51. The minimum atomic E-state index is -0.916. The summed E-state index contributed by atoms with van der Waals surface area (Å²) in [7, 11) is 0. The van der Waals surface area contributed by atoms with E-state index in [2.05, 4.69) is 60.4 Å². The van der Waals surface area contributed by atoms with Crippen LogP contribution < -0.4 is 0 Å². The number of benzene rings is 3. The van der Waals surface area contributed by atoms with Crippen LogP contribution in [0.4, 0.5) is 0 Å². The number of unbranched alkanes of at least 4 members (excludes halogenated alkanes) is 1. The second-order valence-corrected chi connectivity index (χ2v) is 11.8. The Morgan fingerprint density at radius 2 is 1.52 bits per heavy atom. The maximum Gasteiger partial charge on any atom is 0.335 e. The number of hydrogen-bond donors (Lipinski definition) is 1. The molecule has 1 fully saturated rings. The summed E-state index contributed by atoms with van der Waals surface area (Å²) in [5, 5.41) is 9.65. The van der Waals surface area contributed by atoms with Crippen LogP contribution in [0.5, 0.6) is 0 Å². The molecule has 2 aliphatic rings. The predicted molar refractivity (Wildman–Crippen MR) is 161 cm³/mol. The third-order valence-corrected chi connectivity index (χ3v) is 9.03. The van der Waals surface area contributed by atoms with Crippen molar-refractivity contribution >= 4 is 11.9 Å². The molecule has 0 heterocycles. The zero-order valence-electron chi connectivity index (χ0n) is 23.9. The fourth-order valence-electron chi connectivity index (χ4n) is 6.62. The van der Waals surface area contributed by atoms with E-state index in [9.17, 15) is 14.7 Å². The molecular weight excluding hydrogens is 494 g/mol. The quantitative estimate of drug-likeness (QED) is 0.266. The average molecular weight is 538 g/mol. The summed E-state index contributed by atoms with van der Waals surface area (Å²) in [5.41, 5.74) is 7.37. The van der Waals surface area contributed by atoms with E-state index in [1.165, 1.54) is 60.8 Å². The van der Waals surface area contributed by atoms with E-state index in [-0.39, 0.29) is 11.9 Å². The van der Waals surface area contributed by atoms with Gasteiger partial charge in [-0.25, -0.2) is 4.79 Å². The van der Waals surface area contributed by atoms with Gasteiger partial charge in [-0.3, -0.25) is 4.79 Å². The minimum absolute atomic E-state index is 0.0885. The smallest absolute Gasteiger partial charge is 0.335 e. The number of carboxylic acid groups (broad SMARTS) is 1. The Morgan fingerprint density at radius 1 is 0.850 bits per heavy atom. The van der Waals surface area contributed by atoms with Gasteiger partial charge in [0.15, 0.2) is 0 Å². The Labute approximate surface area is 239 Å². The molecule has 210 valence electrons. The Morgan fingerprint density at radius 3 is 2.17 bits per heavy atom. The van der Waals surface area contributed by atoms with Crippen molar-refractivity contribution in [3.05, 3.63) is 94.5 Å². The molecule has 0 saturated heterocycles. The Bertz CT molecular complexity index is 1290. The lowest BCUT2D eigenvalue weighted by molar-refractivity contribution is -0.135. The second kappa shape index (κ2) is 13.3. The van der Waals surface area contributed by atoms with Gasteiger partial charge in [0, 0.05) is 13.0 Å². The van der Waals surface area contributed by atoms with E-state index < -0.39 is 5.97 Å². The van der Waals surface area contributed by atoms with Crippen LogP contribution in [-0.2, 0) is 24.2 Å². The van der Waals surface area contributed by atoms with E-state index in [0.29, 0.717) is 24.4 Å². The van der Waals surface area contributed by atoms with Gasteiger partial charge >= 0.3 is 5.97 Å². The zero-order chi connectivity index (χ0) is 27.9. The van der Waals surface area contributed by atoms with Crippen LogP contribution >= 0.6 is 0 Å². The van der Waals surface area contributed by atoms with Crippen molar-refractivity contribution in [1.82, 2.24) is 4.90 Å². The van der Waals surface area contributed by atoms with Crippen molar-refractivity contribution in [1.29, 1.82) is 0 Å². The summed E-state index contributed by atoms with van der Waals surface area (Å²) in [4.78, 5) is 27.7. The molecule has 1 atom stereocenters. The largest absolute Gasteiger partial charge is 0.478 e. The molecule has 3 aromatic carbocycles. The van der Waals surface area contributed by atoms with Gasteiger partial charge in [0.25, 0.3) is 0 Å². The van der Waals surface area contributed by atoms with Gasteiger partial charge in [0.2, 0.25) is 5.91 Å². The molecule has 1 N–H and O–H groups in total. The number of carboxylic acids is 1. The zero-order valence-corrected chi connectivity index (χ0v) is 23.9. The Hall–Kier alpha value is -3.40. The first kappa shape index (κ1) is 28.1. The highest BCUT2D eigenvalue weighted by Gasteiger charge is 2.30. The van der Waals surface area contributed by atoms with E-state index in [1.807, 2.05) is 12.1 Å². The molecular formula is C36H43NO3. The molecule has 2 aliphatic carbocycles. The standard InChI is InChI=1S/C36H43NO3/c1-2-3-7-27-12-17-29(18-13-27)30-19-14-28(15-20-30)25-37(35(38)23-16-26-8-4-5-9-26)34-11-6-10-31-21-22-32(36(39)40)24-33(31)34/h12-15,17-22,24,26,34H,2-11,16,23,25H2,1H3,(H,39,40). The monoisotopic (exact) mass is 537 g/mol. The lowest BCUT2D eigenvalue weighted by atomic mass is 9.85. The molecule has 0 spiro atoms. The van der Waals surface area contributed by atoms with Gasteiger partial charge in [-0.05, 0) is 90.0 Å². The number of carbonyl (C=O) groups excluding carboxylic acids is 1. The number of hydrogen-bond acceptors (Lipinski definition) is 2. The molecule has 1 saturated carbocycles. The molecule has 1 unspecified atom stereocenters. The number of aromatic carboxylic acids is 1. The van der Waals surface area contributed by atoms with Crippen molar-refractivity contribution in [3.8, 4) is 11.1 Å². The van der Waals surface area contributed by atoms with Gasteiger partial charge in [-0.1, -0.05) is 93.6 Å². The maximum absolute atomic E-state index is 13.8. The number of aryl methyl sites for hydroxylation is 2. The highest BCUT2D eigenvalue weighted by molar-refractivity contribution is 5.88. The molecule has 0 aromatic heterocycles. The number of fused-ring (bicyclic) bond motifs is 1. The van der Waals surface area contributed by atoms with Gasteiger partial charge in [0.05, 0.1) is 11.6 Å². The fourth-order valence-corrected chi connectivity index (χ4v) is 6.62. The number of nitrogens with zero attached hydrogens (tertiary/aromatic N) is 1. The third kappa shape index (κ3) is 6.83. The summed E-state index contributed by atoms with van der Waals surface area (Å²) in [6.07, 6.45) is 12.9. The van der Waals surface area contributed by atoms with Crippen LogP contribution in [0, 0.1) is 5.92 Å². The van der Waals surface area contributed by atoms with Crippen molar-refractivity contribution in [2.45, 2.75) is 96.6 Å². The summed E-state index contributed by atoms with van der Waals surface area (Å²) < 4.78 is 0. The minimum Gasteiger partial charge on any atom is -0.478 e. The maximum atomic E-state index is 13.8. The van der Waals surface area contributed by atoms with E-state index >= 15 is 0 Å². The SMILES string of the molecule is CCCCc1ccc(-c2ccc(CN(C(=O)CCC3CCCC3)C3CCCc4ccc(C(=O)O)cc43)cc2)cc1. The van der Waals surface area contributed by atoms with Crippen LogP contribution in [0.2, 0.25) is 0 Å². The number of rotatable bonds is 11. The first-order valence-corrected chi connectivity index (χ1v) is 15.4. The number of amides is 1. The van der Waals surface area contributed by atoms with E-state index in [0.717, 1.165) is 43.2 Å². The number of carbonyl (C=O) groups is 2. The summed E-state index contributed by atoms with van der Waals surface area (Å²) in [6, 6.07) is 22.9. The van der Waals surface area contributed by atoms with Crippen molar-refractivity contribution in [2.24, 2.45) is 5.92 Å². The normalized spacial score (nSPS) is 17.0. The Balaban J connectivity index is 1.37.